The van der Waals surface area contributed by atoms with Crippen molar-refractivity contribution < 1.29 is 53.8 Å². The van der Waals surface area contributed by atoms with Crippen LogP contribution in [0.4, 0.5) is 0 Å². The van der Waals surface area contributed by atoms with Gasteiger partial charge >= 0.3 is 11.9 Å². The molecule has 0 bridgehead atoms. The minimum absolute atomic E-state index is 0.0949. The van der Waals surface area contributed by atoms with Crippen LogP contribution < -0.4 is 19.5 Å². The maximum Gasteiger partial charge on any atom is 0.336 e. The zero-order chi connectivity index (χ0) is 40.3. The summed E-state index contributed by atoms with van der Waals surface area (Å²) in [6, 6.07) is 20.7. The molecular weight excluding hydrogens is 724 g/mol. The Morgan fingerprint density at radius 2 is 1.70 bits per heavy atom. The smallest absolute Gasteiger partial charge is 0.336 e. The quantitative estimate of drug-likeness (QED) is 0.0196. The molecule has 0 aromatic heterocycles. The van der Waals surface area contributed by atoms with Crippen LogP contribution in [0.15, 0.2) is 91.0 Å². The maximum absolute atomic E-state index is 12.5. The average Bonchev–Trinajstić information content (AvgIpc) is 3.46. The summed E-state index contributed by atoms with van der Waals surface area (Å²) in [5, 5.41) is 43.7. The SMILES string of the molecule is COc1cc(C=CC(=O)Oc2cccc(CO[N+](=O)[O-])c2)ccc1OC(=O)CNC(=O)CCCC=CC[C@@H]1[C@@H](CC[C@@H](O)CCc2ccccc2)[C@H](O)C[C@@H]1O. The van der Waals surface area contributed by atoms with Crippen LogP contribution in [0.25, 0.3) is 6.08 Å². The highest BCUT2D eigenvalue weighted by Crippen LogP contribution is 2.38. The summed E-state index contributed by atoms with van der Waals surface area (Å²) in [5.41, 5.74) is 2.16. The molecule has 4 rings (SSSR count). The maximum atomic E-state index is 12.5. The number of methoxy groups -OCH3 is 1. The number of aryl methyl sites for hydroxylation is 1. The molecule has 0 heterocycles. The molecule has 0 aliphatic heterocycles. The molecule has 1 fully saturated rings. The summed E-state index contributed by atoms with van der Waals surface area (Å²) in [4.78, 5) is 51.9. The predicted molar refractivity (Wildman–Crippen MR) is 206 cm³/mol. The number of nitrogens with one attached hydrogen (secondary N) is 1. The number of carbonyl (C=O) groups is 3. The van der Waals surface area contributed by atoms with Crippen molar-refractivity contribution in [3.8, 4) is 17.2 Å². The monoisotopic (exact) mass is 774 g/mol. The van der Waals surface area contributed by atoms with E-state index >= 15 is 0 Å². The average molecular weight is 775 g/mol. The first-order chi connectivity index (χ1) is 27.0. The van der Waals surface area contributed by atoms with Crippen molar-refractivity contribution in [1.82, 2.24) is 5.32 Å². The number of rotatable bonds is 22. The van der Waals surface area contributed by atoms with Crippen LogP contribution in [-0.4, -0.2) is 70.2 Å². The van der Waals surface area contributed by atoms with Crippen molar-refractivity contribution in [3.05, 3.63) is 118 Å². The fourth-order valence-corrected chi connectivity index (χ4v) is 6.60. The van der Waals surface area contributed by atoms with Gasteiger partial charge in [0.05, 0.1) is 25.4 Å². The lowest BCUT2D eigenvalue weighted by atomic mass is 9.85. The van der Waals surface area contributed by atoms with Crippen LogP contribution in [0.3, 0.4) is 0 Å². The van der Waals surface area contributed by atoms with Crippen LogP contribution in [-0.2, 0) is 32.2 Å². The van der Waals surface area contributed by atoms with Gasteiger partial charge < -0.3 is 39.7 Å². The predicted octanol–water partition coefficient (Wildman–Crippen LogP) is 5.29. The molecule has 1 saturated carbocycles. The summed E-state index contributed by atoms with van der Waals surface area (Å²) in [7, 11) is 1.39. The summed E-state index contributed by atoms with van der Waals surface area (Å²) in [6.45, 7) is -0.640. The van der Waals surface area contributed by atoms with Crippen molar-refractivity contribution >= 4 is 23.9 Å². The molecule has 3 aromatic rings. The largest absolute Gasteiger partial charge is 0.493 e. The van der Waals surface area contributed by atoms with Gasteiger partial charge in [0.2, 0.25) is 5.91 Å². The van der Waals surface area contributed by atoms with Gasteiger partial charge in [-0.15, -0.1) is 10.1 Å². The summed E-state index contributed by atoms with van der Waals surface area (Å²) in [6.07, 6.45) is 9.81. The first-order valence-electron chi connectivity index (χ1n) is 18.7. The first kappa shape index (κ1) is 43.2. The van der Waals surface area contributed by atoms with Gasteiger partial charge in [-0.1, -0.05) is 60.7 Å². The molecule has 0 radical (unpaired) electrons. The molecule has 14 nitrogen and oxygen atoms in total. The van der Waals surface area contributed by atoms with E-state index < -0.39 is 35.3 Å². The van der Waals surface area contributed by atoms with E-state index in [0.29, 0.717) is 56.1 Å². The number of amides is 1. The number of hydrogen-bond acceptors (Lipinski definition) is 12. The van der Waals surface area contributed by atoms with Crippen molar-refractivity contribution in [2.75, 3.05) is 13.7 Å². The van der Waals surface area contributed by atoms with E-state index in [1.165, 1.54) is 43.0 Å². The van der Waals surface area contributed by atoms with Crippen molar-refractivity contribution in [3.63, 3.8) is 0 Å². The molecular formula is C42H50N2O12. The Morgan fingerprint density at radius 1 is 0.929 bits per heavy atom. The number of nitrogens with zero attached hydrogens (tertiary/aromatic N) is 1. The normalized spacial score (nSPS) is 18.4. The van der Waals surface area contributed by atoms with Crippen LogP contribution in [0.2, 0.25) is 0 Å². The number of ether oxygens (including phenoxy) is 3. The highest BCUT2D eigenvalue weighted by molar-refractivity contribution is 5.89. The molecule has 0 unspecified atom stereocenters. The second-order valence-electron chi connectivity index (χ2n) is 13.6. The number of allylic oxidation sites excluding steroid dienone is 2. The highest BCUT2D eigenvalue weighted by atomic mass is 16.9. The molecule has 300 valence electrons. The molecule has 0 saturated heterocycles. The van der Waals surface area contributed by atoms with Gasteiger partial charge in [0.1, 0.15) is 18.9 Å². The topological polar surface area (TPSA) is 204 Å². The molecule has 4 N–H and O–H groups in total. The molecule has 14 heteroatoms. The Hall–Kier alpha value is -5.57. The van der Waals surface area contributed by atoms with E-state index in [-0.39, 0.29) is 54.6 Å². The van der Waals surface area contributed by atoms with Crippen LogP contribution in [0.1, 0.15) is 68.1 Å². The van der Waals surface area contributed by atoms with E-state index in [0.717, 1.165) is 6.42 Å². The third kappa shape index (κ3) is 14.9. The third-order valence-electron chi connectivity index (χ3n) is 9.52. The Kier molecular flexibility index (Phi) is 17.5. The second-order valence-corrected chi connectivity index (χ2v) is 13.6. The Morgan fingerprint density at radius 3 is 2.46 bits per heavy atom. The van der Waals surface area contributed by atoms with Crippen molar-refractivity contribution in [2.24, 2.45) is 11.8 Å². The summed E-state index contributed by atoms with van der Waals surface area (Å²) in [5.74, 6) is -1.40. The van der Waals surface area contributed by atoms with Gasteiger partial charge in [0.15, 0.2) is 11.5 Å². The summed E-state index contributed by atoms with van der Waals surface area (Å²) < 4.78 is 16.0. The Bertz CT molecular complexity index is 1800. The number of hydrogen-bond donors (Lipinski definition) is 4. The highest BCUT2D eigenvalue weighted by Gasteiger charge is 2.40. The minimum Gasteiger partial charge on any atom is -0.493 e. The summed E-state index contributed by atoms with van der Waals surface area (Å²) >= 11 is 0. The Balaban J connectivity index is 1.12. The fourth-order valence-electron chi connectivity index (χ4n) is 6.60. The first-order valence-corrected chi connectivity index (χ1v) is 18.7. The number of carbonyl (C=O) groups excluding carboxylic acids is 3. The lowest BCUT2D eigenvalue weighted by Gasteiger charge is -2.23. The van der Waals surface area contributed by atoms with E-state index in [1.54, 1.807) is 24.3 Å². The van der Waals surface area contributed by atoms with Gasteiger partial charge in [-0.05, 0) is 110 Å². The number of aliphatic hydroxyl groups is 3. The fraction of sp³-hybridized carbons (Fsp3) is 0.405. The molecule has 56 heavy (non-hydrogen) atoms. The molecule has 1 aliphatic rings. The zero-order valence-corrected chi connectivity index (χ0v) is 31.4. The number of esters is 2. The van der Waals surface area contributed by atoms with E-state index in [1.807, 2.05) is 42.5 Å². The third-order valence-corrected chi connectivity index (χ3v) is 9.52. The van der Waals surface area contributed by atoms with E-state index in [2.05, 4.69) is 10.2 Å². The second kappa shape index (κ2) is 22.7. The minimum atomic E-state index is -0.914. The molecule has 1 amide bonds. The molecule has 5 atom stereocenters. The lowest BCUT2D eigenvalue weighted by molar-refractivity contribution is -0.763. The molecule has 0 spiro atoms. The number of unbranched alkanes of at least 4 members (excludes halogenated alkanes) is 1. The Labute approximate surface area is 325 Å². The zero-order valence-electron chi connectivity index (χ0n) is 31.4. The standard InChI is InChI=1S/C42H50N2O12/c1-53-39-25-30(18-23-41(49)55-33-13-9-12-31(24-33)28-54-44(51)52)17-22-38(39)56-42(50)27-43-40(48)15-8-3-2-7-14-34-35(37(47)26-36(34)46)21-20-32(45)19-16-29-10-5-4-6-11-29/h2,4-7,9-13,17-18,22-25,32,34-37,45-47H,3,8,14-16,19-21,26-28H2,1H3,(H,43,48)/t32-,34+,35+,36-,37+/m0/s1. The van der Waals surface area contributed by atoms with Crippen LogP contribution >= 0.6 is 0 Å². The van der Waals surface area contributed by atoms with Gasteiger partial charge in [-0.3, -0.25) is 4.79 Å². The molecule has 3 aromatic carbocycles. The van der Waals surface area contributed by atoms with Gasteiger partial charge in [0.25, 0.3) is 5.09 Å². The van der Waals surface area contributed by atoms with Crippen molar-refractivity contribution in [1.29, 1.82) is 0 Å². The molecule has 1 aliphatic carbocycles. The van der Waals surface area contributed by atoms with Gasteiger partial charge in [0, 0.05) is 12.5 Å². The van der Waals surface area contributed by atoms with Crippen LogP contribution in [0.5, 0.6) is 17.2 Å². The van der Waals surface area contributed by atoms with E-state index in [9.17, 15) is 39.8 Å². The van der Waals surface area contributed by atoms with Crippen LogP contribution in [0, 0.1) is 22.0 Å². The van der Waals surface area contributed by atoms with E-state index in [4.69, 9.17) is 14.2 Å². The number of aliphatic hydroxyl groups excluding tert-OH is 3. The number of benzene rings is 3. The lowest BCUT2D eigenvalue weighted by Crippen LogP contribution is -2.31. The van der Waals surface area contributed by atoms with Gasteiger partial charge in [-0.2, -0.15) is 0 Å². The van der Waals surface area contributed by atoms with Crippen molar-refractivity contribution in [2.45, 2.75) is 82.7 Å². The van der Waals surface area contributed by atoms with Gasteiger partial charge in [-0.25, -0.2) is 9.59 Å².